The quantitative estimate of drug-likeness (QED) is 0.176. The lowest BCUT2D eigenvalue weighted by molar-refractivity contribution is 0.670. The maximum atomic E-state index is 6.83. The molecule has 10 rings (SSSR count). The Hall–Kier alpha value is -6.32. The Bertz CT molecular complexity index is 2740. The van der Waals surface area contributed by atoms with Crippen LogP contribution in [0.1, 0.15) is 30.5 Å². The van der Waals surface area contributed by atoms with E-state index in [1.54, 1.807) is 0 Å². The monoisotopic (exact) mass is 670 g/mol. The van der Waals surface area contributed by atoms with E-state index >= 15 is 0 Å². The van der Waals surface area contributed by atoms with Crippen molar-refractivity contribution < 1.29 is 4.42 Å². The number of nitrogens with zero attached hydrogens (tertiary/aromatic N) is 2. The lowest BCUT2D eigenvalue weighted by atomic mass is 9.95. The minimum atomic E-state index is 0.892. The second kappa shape index (κ2) is 12.5. The minimum Gasteiger partial charge on any atom is -0.453 e. The van der Waals surface area contributed by atoms with Crippen molar-refractivity contribution in [3.63, 3.8) is 0 Å². The van der Waals surface area contributed by atoms with Gasteiger partial charge < -0.3 is 13.9 Å². The van der Waals surface area contributed by atoms with Crippen LogP contribution in [0, 0.1) is 0 Å². The number of aromatic nitrogens is 1. The van der Waals surface area contributed by atoms with Crippen LogP contribution in [-0.2, 0) is 6.42 Å². The SMILES string of the molecule is CN(c1ccc(-c2ccc3c(c2)c2c(n3C3=CC=CCC3)CCC=C2)cc1-c1ccccc1)c1cccc2c1oc1c(-c3ccccc3)cccc12. The van der Waals surface area contributed by atoms with Gasteiger partial charge >= 0.3 is 0 Å². The summed E-state index contributed by atoms with van der Waals surface area (Å²) in [6.07, 6.45) is 15.8. The zero-order valence-corrected chi connectivity index (χ0v) is 29.2. The molecule has 3 heteroatoms. The van der Waals surface area contributed by atoms with Crippen LogP contribution in [0.4, 0.5) is 11.4 Å². The number of furan rings is 1. The highest BCUT2D eigenvalue weighted by molar-refractivity contribution is 6.13. The van der Waals surface area contributed by atoms with E-state index in [0.29, 0.717) is 0 Å². The zero-order valence-electron chi connectivity index (χ0n) is 29.2. The van der Waals surface area contributed by atoms with Crippen LogP contribution >= 0.6 is 0 Å². The Balaban J connectivity index is 1.11. The second-order valence-corrected chi connectivity index (χ2v) is 14.0. The summed E-state index contributed by atoms with van der Waals surface area (Å²) in [6.45, 7) is 0. The molecule has 0 saturated heterocycles. The van der Waals surface area contributed by atoms with Crippen LogP contribution in [0.15, 0.2) is 162 Å². The third-order valence-corrected chi connectivity index (χ3v) is 10.9. The fourth-order valence-corrected chi connectivity index (χ4v) is 8.41. The minimum absolute atomic E-state index is 0.892. The molecule has 0 atom stereocenters. The van der Waals surface area contributed by atoms with Crippen molar-refractivity contribution in [2.75, 3.05) is 11.9 Å². The first-order valence-electron chi connectivity index (χ1n) is 18.4. The fraction of sp³-hybridized carbons (Fsp3) is 0.102. The first-order valence-corrected chi connectivity index (χ1v) is 18.4. The molecule has 0 N–H and O–H groups in total. The van der Waals surface area contributed by atoms with E-state index < -0.39 is 0 Å². The number of para-hydroxylation sites is 2. The van der Waals surface area contributed by atoms with Crippen LogP contribution < -0.4 is 4.90 Å². The molecule has 6 aromatic carbocycles. The molecule has 0 spiro atoms. The van der Waals surface area contributed by atoms with Gasteiger partial charge in [0, 0.05) is 57.0 Å². The lowest BCUT2D eigenvalue weighted by Gasteiger charge is -2.24. The zero-order chi connectivity index (χ0) is 34.6. The molecule has 0 saturated carbocycles. The highest BCUT2D eigenvalue weighted by Gasteiger charge is 2.22. The predicted octanol–water partition coefficient (Wildman–Crippen LogP) is 13.5. The molecule has 2 aliphatic rings. The molecule has 0 amide bonds. The lowest BCUT2D eigenvalue weighted by Crippen LogP contribution is -2.11. The van der Waals surface area contributed by atoms with E-state index in [1.807, 2.05) is 0 Å². The maximum absolute atomic E-state index is 6.83. The number of benzene rings is 6. The standard InChI is InChI=1S/C49H38N2O/c1-50(47-26-14-24-41-40-23-13-22-38(48(40)52-49(41)47)33-15-5-2-6-16-33)44-29-27-35(31-42(44)34-17-7-3-8-18-34)36-28-30-46-43(32-36)39-21-11-12-25-45(39)51(46)37-19-9-4-10-20-37/h2-9,11,13-19,21-24,26-32H,10,12,20,25H2,1H3. The highest BCUT2D eigenvalue weighted by atomic mass is 16.3. The molecule has 0 aliphatic heterocycles. The van der Waals surface area contributed by atoms with Gasteiger partial charge in [0.05, 0.1) is 11.2 Å². The van der Waals surface area contributed by atoms with Gasteiger partial charge in [0.25, 0.3) is 0 Å². The van der Waals surface area contributed by atoms with Gasteiger partial charge in [-0.05, 0) is 84.3 Å². The van der Waals surface area contributed by atoms with Crippen molar-refractivity contribution in [3.8, 4) is 33.4 Å². The van der Waals surface area contributed by atoms with E-state index in [0.717, 1.165) is 70.1 Å². The van der Waals surface area contributed by atoms with Gasteiger partial charge in [-0.15, -0.1) is 0 Å². The molecule has 250 valence electrons. The molecule has 0 radical (unpaired) electrons. The number of anilines is 2. The molecular formula is C49H38N2O. The third kappa shape index (κ3) is 4.96. The molecular weight excluding hydrogens is 633 g/mol. The van der Waals surface area contributed by atoms with E-state index in [4.69, 9.17) is 4.42 Å². The van der Waals surface area contributed by atoms with E-state index in [2.05, 4.69) is 180 Å². The van der Waals surface area contributed by atoms with E-state index in [-0.39, 0.29) is 0 Å². The summed E-state index contributed by atoms with van der Waals surface area (Å²) in [5, 5.41) is 3.57. The molecule has 3 nitrogen and oxygen atoms in total. The molecule has 0 unspecified atom stereocenters. The van der Waals surface area contributed by atoms with Gasteiger partial charge in [0.15, 0.2) is 5.58 Å². The van der Waals surface area contributed by atoms with Crippen molar-refractivity contribution in [1.82, 2.24) is 4.57 Å². The van der Waals surface area contributed by atoms with E-state index in [9.17, 15) is 0 Å². The number of rotatable bonds is 6. The Morgan fingerprint density at radius 3 is 2.06 bits per heavy atom. The molecule has 52 heavy (non-hydrogen) atoms. The second-order valence-electron chi connectivity index (χ2n) is 14.0. The largest absolute Gasteiger partial charge is 0.453 e. The van der Waals surface area contributed by atoms with Crippen LogP contribution in [-0.4, -0.2) is 11.6 Å². The number of hydrogen-bond donors (Lipinski definition) is 0. The summed E-state index contributed by atoms with van der Waals surface area (Å²) < 4.78 is 9.36. The van der Waals surface area contributed by atoms with Crippen molar-refractivity contribution >= 4 is 56.0 Å². The average Bonchev–Trinajstić information content (AvgIpc) is 3.77. The normalized spacial score (nSPS) is 13.9. The smallest absolute Gasteiger partial charge is 0.159 e. The Morgan fingerprint density at radius 1 is 0.558 bits per heavy atom. The number of allylic oxidation sites excluding steroid dienone is 5. The molecule has 0 fully saturated rings. The van der Waals surface area contributed by atoms with Gasteiger partial charge in [-0.1, -0.05) is 127 Å². The number of hydrogen-bond acceptors (Lipinski definition) is 2. The fourth-order valence-electron chi connectivity index (χ4n) is 8.41. The average molecular weight is 671 g/mol. The van der Waals surface area contributed by atoms with Gasteiger partial charge in [0.1, 0.15) is 5.58 Å². The van der Waals surface area contributed by atoms with Gasteiger partial charge in [-0.25, -0.2) is 0 Å². The Kier molecular flexibility index (Phi) is 7.31. The van der Waals surface area contributed by atoms with Crippen LogP contribution in [0.3, 0.4) is 0 Å². The van der Waals surface area contributed by atoms with Crippen molar-refractivity contribution in [3.05, 3.63) is 169 Å². The number of fused-ring (bicyclic) bond motifs is 6. The maximum Gasteiger partial charge on any atom is 0.159 e. The van der Waals surface area contributed by atoms with Gasteiger partial charge in [0.2, 0.25) is 0 Å². The Labute approximate surface area is 304 Å². The van der Waals surface area contributed by atoms with Crippen LogP contribution in [0.25, 0.3) is 78.0 Å². The Morgan fingerprint density at radius 2 is 1.27 bits per heavy atom. The first-order chi connectivity index (χ1) is 25.7. The third-order valence-electron chi connectivity index (χ3n) is 10.9. The van der Waals surface area contributed by atoms with Crippen LogP contribution in [0.2, 0.25) is 0 Å². The van der Waals surface area contributed by atoms with Gasteiger partial charge in [-0.2, -0.15) is 0 Å². The van der Waals surface area contributed by atoms with E-state index in [1.165, 1.54) is 50.1 Å². The summed E-state index contributed by atoms with van der Waals surface area (Å²) in [5.74, 6) is 0. The van der Waals surface area contributed by atoms with Crippen molar-refractivity contribution in [2.45, 2.75) is 25.7 Å². The molecule has 2 aliphatic carbocycles. The summed E-state index contributed by atoms with van der Waals surface area (Å²) in [5.41, 5.74) is 16.5. The van der Waals surface area contributed by atoms with Crippen LogP contribution in [0.5, 0.6) is 0 Å². The van der Waals surface area contributed by atoms with Gasteiger partial charge in [-0.3, -0.25) is 0 Å². The molecule has 2 aromatic heterocycles. The van der Waals surface area contributed by atoms with Crippen molar-refractivity contribution in [1.29, 1.82) is 0 Å². The molecule has 8 aromatic rings. The first kappa shape index (κ1) is 30.5. The molecule has 0 bridgehead atoms. The summed E-state index contributed by atoms with van der Waals surface area (Å²) in [7, 11) is 2.16. The van der Waals surface area contributed by atoms with Crippen molar-refractivity contribution in [2.24, 2.45) is 0 Å². The molecule has 2 heterocycles. The summed E-state index contributed by atoms with van der Waals surface area (Å²) in [4.78, 5) is 2.29. The highest BCUT2D eigenvalue weighted by Crippen LogP contribution is 2.44. The summed E-state index contributed by atoms with van der Waals surface area (Å²) >= 11 is 0. The predicted molar refractivity (Wildman–Crippen MR) is 220 cm³/mol. The summed E-state index contributed by atoms with van der Waals surface area (Å²) in [6, 6.07) is 48.2. The topological polar surface area (TPSA) is 21.3 Å².